The number of anilines is 2. The quantitative estimate of drug-likeness (QED) is 0.364. The van der Waals surface area contributed by atoms with Gasteiger partial charge in [-0.25, -0.2) is 4.39 Å². The monoisotopic (exact) mass is 387 g/mol. The fourth-order valence-corrected chi connectivity index (χ4v) is 2.11. The molecule has 104 valence electrons. The molecule has 0 aromatic heterocycles. The first-order valence-electron chi connectivity index (χ1n) is 5.69. The van der Waals surface area contributed by atoms with Crippen LogP contribution in [-0.2, 0) is 6.54 Å². The van der Waals surface area contributed by atoms with Crippen molar-refractivity contribution in [2.45, 2.75) is 6.54 Å². The third-order valence-corrected chi connectivity index (χ3v) is 3.52. The lowest BCUT2D eigenvalue weighted by atomic mass is 10.2. The molecule has 0 unspecified atom stereocenters. The van der Waals surface area contributed by atoms with Gasteiger partial charge in [0.25, 0.3) is 5.69 Å². The van der Waals surface area contributed by atoms with E-state index in [1.807, 2.05) is 0 Å². The number of rotatable bonds is 4. The topological polar surface area (TPSA) is 81.2 Å². The molecular weight excluding hydrogens is 376 g/mol. The van der Waals surface area contributed by atoms with Crippen LogP contribution >= 0.6 is 22.6 Å². The molecule has 0 aliphatic heterocycles. The Morgan fingerprint density at radius 1 is 1.30 bits per heavy atom. The number of nitrogen functional groups attached to an aromatic ring is 1. The Morgan fingerprint density at radius 3 is 2.55 bits per heavy atom. The zero-order valence-electron chi connectivity index (χ0n) is 10.3. The first-order valence-corrected chi connectivity index (χ1v) is 6.77. The molecule has 0 spiro atoms. The van der Waals surface area contributed by atoms with Gasteiger partial charge in [0, 0.05) is 24.4 Å². The van der Waals surface area contributed by atoms with Crippen molar-refractivity contribution < 1.29 is 9.31 Å². The zero-order chi connectivity index (χ0) is 14.7. The number of nitrogens with zero attached hydrogens (tertiary/aromatic N) is 1. The van der Waals surface area contributed by atoms with Crippen LogP contribution in [0, 0.1) is 19.5 Å². The van der Waals surface area contributed by atoms with Crippen LogP contribution in [0.3, 0.4) is 0 Å². The van der Waals surface area contributed by atoms with Crippen LogP contribution in [0.4, 0.5) is 21.5 Å². The summed E-state index contributed by atoms with van der Waals surface area (Å²) in [6, 6.07) is 9.42. The number of benzene rings is 2. The molecule has 0 aliphatic carbocycles. The highest BCUT2D eigenvalue weighted by molar-refractivity contribution is 14.1. The first kappa shape index (κ1) is 14.5. The van der Waals surface area contributed by atoms with Crippen molar-refractivity contribution in [3.05, 3.63) is 61.5 Å². The lowest BCUT2D eigenvalue weighted by Crippen LogP contribution is -2.04. The summed E-state index contributed by atoms with van der Waals surface area (Å²) >= 11 is 1.72. The Bertz CT molecular complexity index is 647. The van der Waals surface area contributed by atoms with Gasteiger partial charge >= 0.3 is 0 Å². The van der Waals surface area contributed by atoms with E-state index in [0.29, 0.717) is 12.2 Å². The van der Waals surface area contributed by atoms with Gasteiger partial charge in [-0.1, -0.05) is 12.1 Å². The van der Waals surface area contributed by atoms with Crippen LogP contribution in [0.1, 0.15) is 5.56 Å². The minimum absolute atomic E-state index is 0.147. The van der Waals surface area contributed by atoms with Crippen LogP contribution in [0.5, 0.6) is 0 Å². The number of nitrogens with one attached hydrogen (secondary N) is 1. The van der Waals surface area contributed by atoms with Gasteiger partial charge in [-0.3, -0.25) is 10.1 Å². The van der Waals surface area contributed by atoms with Gasteiger partial charge in [0.1, 0.15) is 11.5 Å². The lowest BCUT2D eigenvalue weighted by molar-refractivity contribution is -0.384. The van der Waals surface area contributed by atoms with Gasteiger partial charge in [-0.2, -0.15) is 0 Å². The van der Waals surface area contributed by atoms with E-state index < -0.39 is 10.7 Å². The molecule has 0 heterocycles. The number of hydrogen-bond donors (Lipinski definition) is 2. The second-order valence-electron chi connectivity index (χ2n) is 4.14. The summed E-state index contributed by atoms with van der Waals surface area (Å²) < 4.78 is 13.7. The van der Waals surface area contributed by atoms with Crippen LogP contribution in [0.15, 0.2) is 36.4 Å². The molecule has 2 rings (SSSR count). The molecule has 2 aromatic rings. The summed E-state index contributed by atoms with van der Waals surface area (Å²) in [6.07, 6.45) is 0. The highest BCUT2D eigenvalue weighted by atomic mass is 127. The van der Waals surface area contributed by atoms with E-state index in [1.165, 1.54) is 6.07 Å². The standard InChI is InChI=1S/C13H11FIN3O2/c14-10-5-12(13(18(19)20)6-11(10)15)17-7-8-1-3-9(16)4-2-8/h1-6,17H,7,16H2. The second-order valence-corrected chi connectivity index (χ2v) is 5.30. The summed E-state index contributed by atoms with van der Waals surface area (Å²) in [5, 5.41) is 13.8. The normalized spacial score (nSPS) is 10.3. The largest absolute Gasteiger partial charge is 0.399 e. The van der Waals surface area contributed by atoms with Crippen molar-refractivity contribution in [2.24, 2.45) is 0 Å². The number of halogens is 2. The van der Waals surface area contributed by atoms with E-state index in [-0.39, 0.29) is 14.9 Å². The Balaban J connectivity index is 2.22. The molecule has 0 saturated heterocycles. The maximum absolute atomic E-state index is 13.5. The molecule has 2 aromatic carbocycles. The fraction of sp³-hybridized carbons (Fsp3) is 0.0769. The van der Waals surface area contributed by atoms with Gasteiger partial charge in [-0.15, -0.1) is 0 Å². The Morgan fingerprint density at radius 2 is 1.95 bits per heavy atom. The van der Waals surface area contributed by atoms with Crippen molar-refractivity contribution in [3.8, 4) is 0 Å². The Labute approximate surface area is 128 Å². The summed E-state index contributed by atoms with van der Waals surface area (Å²) in [5.41, 5.74) is 7.12. The van der Waals surface area contributed by atoms with Crippen LogP contribution in [0.2, 0.25) is 0 Å². The second kappa shape index (κ2) is 6.04. The van der Waals surface area contributed by atoms with Gasteiger partial charge < -0.3 is 11.1 Å². The van der Waals surface area contributed by atoms with Crippen molar-refractivity contribution in [1.29, 1.82) is 0 Å². The third kappa shape index (κ3) is 3.35. The van der Waals surface area contributed by atoms with Crippen LogP contribution in [0.25, 0.3) is 0 Å². The van der Waals surface area contributed by atoms with E-state index >= 15 is 0 Å². The predicted molar refractivity (Wildman–Crippen MR) is 84.0 cm³/mol. The van der Waals surface area contributed by atoms with Gasteiger partial charge in [0.05, 0.1) is 8.49 Å². The van der Waals surface area contributed by atoms with Gasteiger partial charge in [0.2, 0.25) is 0 Å². The summed E-state index contributed by atoms with van der Waals surface area (Å²) in [7, 11) is 0. The van der Waals surface area contributed by atoms with Crippen molar-refractivity contribution in [2.75, 3.05) is 11.1 Å². The van der Waals surface area contributed by atoms with E-state index in [2.05, 4.69) is 5.32 Å². The average molecular weight is 387 g/mol. The molecule has 0 fully saturated rings. The van der Waals surface area contributed by atoms with E-state index in [4.69, 9.17) is 5.73 Å². The molecule has 0 radical (unpaired) electrons. The molecule has 0 bridgehead atoms. The summed E-state index contributed by atoms with van der Waals surface area (Å²) in [4.78, 5) is 10.4. The highest BCUT2D eigenvalue weighted by Crippen LogP contribution is 2.29. The highest BCUT2D eigenvalue weighted by Gasteiger charge is 2.17. The average Bonchev–Trinajstić information content (AvgIpc) is 2.41. The van der Waals surface area contributed by atoms with Gasteiger partial charge in [-0.05, 0) is 40.3 Å². The molecule has 0 amide bonds. The minimum atomic E-state index is -0.535. The zero-order valence-corrected chi connectivity index (χ0v) is 12.4. The Kier molecular flexibility index (Phi) is 4.38. The molecule has 0 atom stereocenters. The number of nitro groups is 1. The number of hydrogen-bond acceptors (Lipinski definition) is 4. The summed E-state index contributed by atoms with van der Waals surface area (Å²) in [6.45, 7) is 0.348. The van der Waals surface area contributed by atoms with E-state index in [9.17, 15) is 14.5 Å². The van der Waals surface area contributed by atoms with Gasteiger partial charge in [0.15, 0.2) is 0 Å². The third-order valence-electron chi connectivity index (χ3n) is 2.70. The molecule has 20 heavy (non-hydrogen) atoms. The van der Waals surface area contributed by atoms with Crippen molar-refractivity contribution in [3.63, 3.8) is 0 Å². The molecule has 5 nitrogen and oxygen atoms in total. The van der Waals surface area contributed by atoms with Crippen molar-refractivity contribution >= 4 is 39.7 Å². The molecule has 7 heteroatoms. The maximum atomic E-state index is 13.5. The smallest absolute Gasteiger partial charge is 0.293 e. The SMILES string of the molecule is Nc1ccc(CNc2cc(F)c(I)cc2[N+](=O)[O-])cc1. The van der Waals surface area contributed by atoms with E-state index in [1.54, 1.807) is 46.9 Å². The number of nitro benzene ring substituents is 1. The maximum Gasteiger partial charge on any atom is 0.293 e. The number of nitrogens with two attached hydrogens (primary N) is 1. The lowest BCUT2D eigenvalue weighted by Gasteiger charge is -2.08. The predicted octanol–water partition coefficient (Wildman–Crippen LogP) is 3.53. The molecule has 0 saturated carbocycles. The molecule has 3 N–H and O–H groups in total. The Hall–Kier alpha value is -1.90. The fourth-order valence-electron chi connectivity index (χ4n) is 1.66. The van der Waals surface area contributed by atoms with Crippen LogP contribution in [-0.4, -0.2) is 4.92 Å². The minimum Gasteiger partial charge on any atom is -0.399 e. The first-order chi connectivity index (χ1) is 9.47. The molecule has 0 aliphatic rings. The summed E-state index contributed by atoms with van der Waals surface area (Å²) in [5.74, 6) is -0.490. The van der Waals surface area contributed by atoms with Crippen LogP contribution < -0.4 is 11.1 Å². The van der Waals surface area contributed by atoms with E-state index in [0.717, 1.165) is 11.6 Å². The molecular formula is C13H11FIN3O2. The van der Waals surface area contributed by atoms with Crippen molar-refractivity contribution in [1.82, 2.24) is 0 Å².